The summed E-state index contributed by atoms with van der Waals surface area (Å²) in [6.07, 6.45) is 1.54. The van der Waals surface area contributed by atoms with Crippen molar-refractivity contribution < 1.29 is 4.79 Å². The number of carbonyl (C=O) groups is 1. The van der Waals surface area contributed by atoms with E-state index >= 15 is 0 Å². The maximum atomic E-state index is 11.0. The summed E-state index contributed by atoms with van der Waals surface area (Å²) < 4.78 is 0. The van der Waals surface area contributed by atoms with Crippen molar-refractivity contribution in [1.29, 1.82) is 0 Å². The number of imidazole rings is 1. The Morgan fingerprint density at radius 2 is 2.33 bits per heavy atom. The van der Waals surface area contributed by atoms with Gasteiger partial charge in [-0.25, -0.2) is 4.98 Å². The predicted octanol–water partition coefficient (Wildman–Crippen LogP) is -0.294. The van der Waals surface area contributed by atoms with Crippen molar-refractivity contribution in [2.75, 3.05) is 30.4 Å². The molecule has 0 fully saturated rings. The monoisotopic (exact) mass is 249 g/mol. The number of amides is 1. The van der Waals surface area contributed by atoms with E-state index in [9.17, 15) is 4.79 Å². The molecule has 0 atom stereocenters. The van der Waals surface area contributed by atoms with Gasteiger partial charge in [0.2, 0.25) is 11.9 Å². The van der Waals surface area contributed by atoms with E-state index in [1.54, 1.807) is 11.9 Å². The van der Waals surface area contributed by atoms with Crippen LogP contribution >= 0.6 is 0 Å². The molecule has 2 aromatic heterocycles. The van der Waals surface area contributed by atoms with Crippen LogP contribution in [0.3, 0.4) is 0 Å². The van der Waals surface area contributed by atoms with Crippen molar-refractivity contribution in [3.05, 3.63) is 6.33 Å². The number of hydrogen-bond donors (Lipinski definition) is 3. The Morgan fingerprint density at radius 1 is 1.56 bits per heavy atom. The van der Waals surface area contributed by atoms with E-state index in [4.69, 9.17) is 5.73 Å². The van der Waals surface area contributed by atoms with Crippen LogP contribution in [0, 0.1) is 0 Å². The summed E-state index contributed by atoms with van der Waals surface area (Å²) in [4.78, 5) is 28.3. The molecule has 0 saturated carbocycles. The number of fused-ring (bicyclic) bond motifs is 1. The SMILES string of the molecule is CCNc1nc(N(C)CC(N)=O)c2[nH]cnc2n1. The third-order valence-electron chi connectivity index (χ3n) is 2.36. The molecule has 0 unspecified atom stereocenters. The molecule has 2 heterocycles. The normalized spacial score (nSPS) is 10.6. The lowest BCUT2D eigenvalue weighted by atomic mass is 10.4. The fourth-order valence-electron chi connectivity index (χ4n) is 1.64. The first kappa shape index (κ1) is 12.1. The third-order valence-corrected chi connectivity index (χ3v) is 2.36. The van der Waals surface area contributed by atoms with Gasteiger partial charge in [-0.15, -0.1) is 0 Å². The van der Waals surface area contributed by atoms with E-state index in [0.717, 1.165) is 0 Å². The van der Waals surface area contributed by atoms with Crippen molar-refractivity contribution in [3.8, 4) is 0 Å². The van der Waals surface area contributed by atoms with Gasteiger partial charge in [-0.3, -0.25) is 4.79 Å². The zero-order valence-electron chi connectivity index (χ0n) is 10.3. The van der Waals surface area contributed by atoms with Crippen LogP contribution in [-0.2, 0) is 4.79 Å². The van der Waals surface area contributed by atoms with E-state index in [0.29, 0.717) is 29.5 Å². The van der Waals surface area contributed by atoms with Crippen LogP contribution in [0.2, 0.25) is 0 Å². The molecule has 1 amide bonds. The third kappa shape index (κ3) is 2.31. The molecule has 2 aromatic rings. The fraction of sp³-hybridized carbons (Fsp3) is 0.400. The van der Waals surface area contributed by atoms with Gasteiger partial charge in [-0.05, 0) is 6.92 Å². The Kier molecular flexibility index (Phi) is 3.26. The van der Waals surface area contributed by atoms with Crippen LogP contribution in [0.1, 0.15) is 6.92 Å². The van der Waals surface area contributed by atoms with Gasteiger partial charge in [0.1, 0.15) is 5.52 Å². The van der Waals surface area contributed by atoms with E-state index < -0.39 is 5.91 Å². The molecule has 0 spiro atoms. The molecule has 8 nitrogen and oxygen atoms in total. The molecule has 18 heavy (non-hydrogen) atoms. The number of hydrogen-bond acceptors (Lipinski definition) is 6. The number of aromatic nitrogens is 4. The van der Waals surface area contributed by atoms with Crippen LogP contribution in [0.25, 0.3) is 11.2 Å². The molecule has 2 rings (SSSR count). The van der Waals surface area contributed by atoms with Crippen LogP contribution in [0.5, 0.6) is 0 Å². The van der Waals surface area contributed by atoms with Crippen LogP contribution < -0.4 is 16.0 Å². The van der Waals surface area contributed by atoms with Gasteiger partial charge < -0.3 is 20.9 Å². The number of nitrogens with one attached hydrogen (secondary N) is 2. The second-order valence-corrected chi connectivity index (χ2v) is 3.82. The van der Waals surface area contributed by atoms with Gasteiger partial charge in [-0.1, -0.05) is 0 Å². The van der Waals surface area contributed by atoms with Gasteiger partial charge in [0.05, 0.1) is 12.9 Å². The quantitative estimate of drug-likeness (QED) is 0.671. The molecule has 0 saturated heterocycles. The first-order valence-electron chi connectivity index (χ1n) is 5.56. The fourth-order valence-corrected chi connectivity index (χ4v) is 1.64. The molecule has 0 aliphatic heterocycles. The molecule has 96 valence electrons. The molecule has 0 aromatic carbocycles. The first-order valence-corrected chi connectivity index (χ1v) is 5.56. The Morgan fingerprint density at radius 3 is 3.00 bits per heavy atom. The minimum Gasteiger partial charge on any atom is -0.368 e. The summed E-state index contributed by atoms with van der Waals surface area (Å²) in [6.45, 7) is 2.73. The average Bonchev–Trinajstić information content (AvgIpc) is 2.75. The summed E-state index contributed by atoms with van der Waals surface area (Å²) in [5.74, 6) is 0.643. The number of aromatic amines is 1. The molecule has 8 heteroatoms. The predicted molar refractivity (Wildman–Crippen MR) is 68.3 cm³/mol. The minimum absolute atomic E-state index is 0.0801. The lowest BCUT2D eigenvalue weighted by molar-refractivity contribution is -0.116. The van der Waals surface area contributed by atoms with Gasteiger partial charge in [-0.2, -0.15) is 9.97 Å². The summed E-state index contributed by atoms with van der Waals surface area (Å²) in [5.41, 5.74) is 6.41. The lowest BCUT2D eigenvalue weighted by Crippen LogP contribution is -2.31. The standard InChI is InChI=1S/C10H15N7O/c1-3-12-10-15-8-7(13-5-14-8)9(16-10)17(2)4-6(11)18/h5H,3-4H2,1-2H3,(H2,11,18)(H2,12,13,14,15,16). The highest BCUT2D eigenvalue weighted by Crippen LogP contribution is 2.21. The van der Waals surface area contributed by atoms with Crippen molar-refractivity contribution in [2.45, 2.75) is 6.92 Å². The molecule has 4 N–H and O–H groups in total. The number of rotatable bonds is 5. The van der Waals surface area contributed by atoms with Gasteiger partial charge in [0.15, 0.2) is 11.5 Å². The van der Waals surface area contributed by atoms with E-state index in [2.05, 4.69) is 25.3 Å². The number of H-pyrrole nitrogens is 1. The number of carbonyl (C=O) groups excluding carboxylic acids is 1. The summed E-state index contributed by atoms with van der Waals surface area (Å²) in [6, 6.07) is 0. The topological polar surface area (TPSA) is 113 Å². The molecule has 0 aliphatic rings. The van der Waals surface area contributed by atoms with Crippen molar-refractivity contribution in [1.82, 2.24) is 19.9 Å². The van der Waals surface area contributed by atoms with Crippen LogP contribution in [-0.4, -0.2) is 46.0 Å². The Hall–Kier alpha value is -2.38. The Labute approximate surface area is 104 Å². The van der Waals surface area contributed by atoms with E-state index in [1.807, 2.05) is 6.92 Å². The Bertz CT molecular complexity index is 564. The number of likely N-dealkylation sites (N-methyl/N-ethyl adjacent to an activating group) is 1. The largest absolute Gasteiger partial charge is 0.368 e. The van der Waals surface area contributed by atoms with Gasteiger partial charge in [0, 0.05) is 13.6 Å². The van der Waals surface area contributed by atoms with Crippen molar-refractivity contribution >= 4 is 28.8 Å². The maximum absolute atomic E-state index is 11.0. The number of nitrogens with zero attached hydrogens (tertiary/aromatic N) is 4. The van der Waals surface area contributed by atoms with Crippen molar-refractivity contribution in [3.63, 3.8) is 0 Å². The van der Waals surface area contributed by atoms with Crippen molar-refractivity contribution in [2.24, 2.45) is 5.73 Å². The zero-order chi connectivity index (χ0) is 13.1. The summed E-state index contributed by atoms with van der Waals surface area (Å²) in [5, 5.41) is 3.02. The van der Waals surface area contributed by atoms with E-state index in [1.165, 1.54) is 6.33 Å². The smallest absolute Gasteiger partial charge is 0.236 e. The Balaban J connectivity index is 2.45. The first-order chi connectivity index (χ1) is 8.61. The summed E-state index contributed by atoms with van der Waals surface area (Å²) in [7, 11) is 1.74. The summed E-state index contributed by atoms with van der Waals surface area (Å²) >= 11 is 0. The number of nitrogens with two attached hydrogens (primary N) is 1. The highest BCUT2D eigenvalue weighted by molar-refractivity contribution is 5.87. The molecular formula is C10H15N7O. The molecule has 0 bridgehead atoms. The lowest BCUT2D eigenvalue weighted by Gasteiger charge is -2.17. The minimum atomic E-state index is -0.422. The number of primary amides is 1. The van der Waals surface area contributed by atoms with Gasteiger partial charge >= 0.3 is 0 Å². The maximum Gasteiger partial charge on any atom is 0.236 e. The molecule has 0 aliphatic carbocycles. The van der Waals surface area contributed by atoms with Crippen LogP contribution in [0.4, 0.5) is 11.8 Å². The second-order valence-electron chi connectivity index (χ2n) is 3.82. The van der Waals surface area contributed by atoms with Crippen LogP contribution in [0.15, 0.2) is 6.33 Å². The highest BCUT2D eigenvalue weighted by Gasteiger charge is 2.14. The van der Waals surface area contributed by atoms with Gasteiger partial charge in [0.25, 0.3) is 0 Å². The average molecular weight is 249 g/mol. The second kappa shape index (κ2) is 4.86. The molecule has 0 radical (unpaired) electrons. The zero-order valence-corrected chi connectivity index (χ0v) is 10.3. The number of anilines is 2. The highest BCUT2D eigenvalue weighted by atomic mass is 16.1. The molecular weight excluding hydrogens is 234 g/mol. The van der Waals surface area contributed by atoms with E-state index in [-0.39, 0.29) is 6.54 Å².